The topological polar surface area (TPSA) is 70.5 Å². The van der Waals surface area contributed by atoms with Crippen LogP contribution in [0.15, 0.2) is 0 Å². The van der Waals surface area contributed by atoms with E-state index in [1.54, 1.807) is 0 Å². The molecule has 6 heteroatoms. The molecule has 1 aliphatic heterocycles. The minimum absolute atomic E-state index is 0.116. The summed E-state index contributed by atoms with van der Waals surface area (Å²) in [4.78, 5) is 29.0. The summed E-state index contributed by atoms with van der Waals surface area (Å²) >= 11 is 1.18. The molecule has 0 aliphatic carbocycles. The minimum Gasteiger partial charge on any atom is -0.476 e. The summed E-state index contributed by atoms with van der Waals surface area (Å²) in [6.07, 6.45) is 1.07. The zero-order valence-electron chi connectivity index (χ0n) is 10.6. The van der Waals surface area contributed by atoms with E-state index in [2.05, 4.69) is 23.7 Å². The maximum absolute atomic E-state index is 11.4. The molecule has 2 unspecified atom stereocenters. The molecular formula is C12H16N2O3S. The lowest BCUT2D eigenvalue weighted by Gasteiger charge is -2.19. The van der Waals surface area contributed by atoms with Gasteiger partial charge in [0.25, 0.3) is 0 Å². The van der Waals surface area contributed by atoms with Gasteiger partial charge >= 0.3 is 5.97 Å². The summed E-state index contributed by atoms with van der Waals surface area (Å²) in [5, 5.41) is 9.71. The Balaban J connectivity index is 2.38. The van der Waals surface area contributed by atoms with Crippen LogP contribution in [-0.4, -0.2) is 34.4 Å². The molecule has 2 atom stereocenters. The second-order valence-electron chi connectivity index (χ2n) is 4.88. The molecule has 2 rings (SSSR count). The molecule has 1 aromatic rings. The van der Waals surface area contributed by atoms with Crippen LogP contribution < -0.4 is 4.90 Å². The fraction of sp³-hybridized carbons (Fsp3) is 0.583. The highest BCUT2D eigenvalue weighted by atomic mass is 32.1. The Labute approximate surface area is 109 Å². The lowest BCUT2D eigenvalue weighted by atomic mass is 10.1. The van der Waals surface area contributed by atoms with E-state index in [9.17, 15) is 9.59 Å². The predicted octanol–water partition coefficient (Wildman–Crippen LogP) is 2.28. The van der Waals surface area contributed by atoms with Gasteiger partial charge in [0.15, 0.2) is 16.6 Å². The van der Waals surface area contributed by atoms with Crippen molar-refractivity contribution in [2.75, 3.05) is 11.4 Å². The van der Waals surface area contributed by atoms with Crippen molar-refractivity contribution in [3.05, 3.63) is 10.6 Å². The standard InChI is InChI=1S/C12H16N2O3S/c1-6-4-7(2)14(5-6)12-13-9(11(16)17)10(18-12)8(3)15/h6-7H,4-5H2,1-3H3,(H,16,17). The van der Waals surface area contributed by atoms with E-state index in [0.717, 1.165) is 13.0 Å². The average molecular weight is 268 g/mol. The Hall–Kier alpha value is -1.43. The predicted molar refractivity (Wildman–Crippen MR) is 69.7 cm³/mol. The molecule has 0 spiro atoms. The molecule has 1 saturated heterocycles. The van der Waals surface area contributed by atoms with Crippen LogP contribution in [0, 0.1) is 5.92 Å². The molecule has 1 aliphatic rings. The zero-order chi connectivity index (χ0) is 13.4. The van der Waals surface area contributed by atoms with E-state index in [-0.39, 0.29) is 16.4 Å². The molecule has 0 aromatic carbocycles. The first-order valence-corrected chi connectivity index (χ1v) is 6.73. The van der Waals surface area contributed by atoms with Crippen molar-refractivity contribution in [2.24, 2.45) is 5.92 Å². The van der Waals surface area contributed by atoms with Crippen molar-refractivity contribution >= 4 is 28.2 Å². The van der Waals surface area contributed by atoms with Gasteiger partial charge in [0.1, 0.15) is 4.88 Å². The number of carboxylic acid groups (broad SMARTS) is 1. The first-order valence-electron chi connectivity index (χ1n) is 5.91. The van der Waals surface area contributed by atoms with Gasteiger partial charge in [-0.3, -0.25) is 4.79 Å². The van der Waals surface area contributed by atoms with Crippen LogP contribution in [-0.2, 0) is 0 Å². The van der Waals surface area contributed by atoms with E-state index in [1.165, 1.54) is 18.3 Å². The number of hydrogen-bond acceptors (Lipinski definition) is 5. The highest BCUT2D eigenvalue weighted by molar-refractivity contribution is 7.17. The maximum atomic E-state index is 11.4. The van der Waals surface area contributed by atoms with E-state index in [1.807, 2.05) is 0 Å². The third-order valence-electron chi connectivity index (χ3n) is 3.17. The van der Waals surface area contributed by atoms with Crippen LogP contribution in [0.4, 0.5) is 5.13 Å². The summed E-state index contributed by atoms with van der Waals surface area (Å²) < 4.78 is 0. The fourth-order valence-electron chi connectivity index (χ4n) is 2.38. The SMILES string of the molecule is CC(=O)c1sc(N2CC(C)CC2C)nc1C(=O)O. The highest BCUT2D eigenvalue weighted by Crippen LogP contribution is 2.33. The number of aromatic nitrogens is 1. The molecule has 18 heavy (non-hydrogen) atoms. The number of carbonyl (C=O) groups excluding carboxylic acids is 1. The number of rotatable bonds is 3. The van der Waals surface area contributed by atoms with Crippen LogP contribution in [0.3, 0.4) is 0 Å². The molecule has 2 heterocycles. The maximum Gasteiger partial charge on any atom is 0.356 e. The van der Waals surface area contributed by atoms with E-state index in [4.69, 9.17) is 5.11 Å². The van der Waals surface area contributed by atoms with E-state index < -0.39 is 5.97 Å². The van der Waals surface area contributed by atoms with Gasteiger partial charge in [0.05, 0.1) is 0 Å². The summed E-state index contributed by atoms with van der Waals surface area (Å²) in [7, 11) is 0. The van der Waals surface area contributed by atoms with Crippen molar-refractivity contribution in [1.29, 1.82) is 0 Å². The number of aromatic carboxylic acids is 1. The van der Waals surface area contributed by atoms with Crippen LogP contribution in [0.25, 0.3) is 0 Å². The third-order valence-corrected chi connectivity index (χ3v) is 4.36. The van der Waals surface area contributed by atoms with Crippen LogP contribution in [0.2, 0.25) is 0 Å². The van der Waals surface area contributed by atoms with E-state index >= 15 is 0 Å². The van der Waals surface area contributed by atoms with Gasteiger partial charge < -0.3 is 10.0 Å². The quantitative estimate of drug-likeness (QED) is 0.852. The van der Waals surface area contributed by atoms with Crippen LogP contribution in [0.1, 0.15) is 47.4 Å². The van der Waals surface area contributed by atoms with Gasteiger partial charge in [-0.2, -0.15) is 0 Å². The normalized spacial score (nSPS) is 23.4. The van der Waals surface area contributed by atoms with Gasteiger partial charge in [-0.1, -0.05) is 18.3 Å². The largest absolute Gasteiger partial charge is 0.476 e. The van der Waals surface area contributed by atoms with Crippen molar-refractivity contribution in [3.8, 4) is 0 Å². The lowest BCUT2D eigenvalue weighted by Crippen LogP contribution is -2.26. The Bertz CT molecular complexity index is 466. The highest BCUT2D eigenvalue weighted by Gasteiger charge is 2.30. The van der Waals surface area contributed by atoms with Crippen molar-refractivity contribution in [2.45, 2.75) is 33.2 Å². The molecular weight excluding hydrogens is 252 g/mol. The molecule has 0 radical (unpaired) electrons. The van der Waals surface area contributed by atoms with Gasteiger partial charge in [-0.25, -0.2) is 9.78 Å². The minimum atomic E-state index is -1.14. The summed E-state index contributed by atoms with van der Waals surface area (Å²) in [6, 6.07) is 0.340. The summed E-state index contributed by atoms with van der Waals surface area (Å²) in [5.41, 5.74) is -0.116. The van der Waals surface area contributed by atoms with Gasteiger partial charge in [-0.15, -0.1) is 0 Å². The van der Waals surface area contributed by atoms with Gasteiger partial charge in [0, 0.05) is 19.5 Å². The first kappa shape index (κ1) is 13.0. The number of nitrogens with zero attached hydrogens (tertiary/aromatic N) is 2. The molecule has 98 valence electrons. The Morgan fingerprint density at radius 3 is 2.50 bits per heavy atom. The average Bonchev–Trinajstić information content (AvgIpc) is 2.81. The third kappa shape index (κ3) is 2.25. The van der Waals surface area contributed by atoms with Gasteiger partial charge in [-0.05, 0) is 19.3 Å². The Morgan fingerprint density at radius 1 is 1.44 bits per heavy atom. The summed E-state index contributed by atoms with van der Waals surface area (Å²) in [6.45, 7) is 6.50. The van der Waals surface area contributed by atoms with Crippen molar-refractivity contribution in [1.82, 2.24) is 4.98 Å². The fourth-order valence-corrected chi connectivity index (χ4v) is 3.45. The van der Waals surface area contributed by atoms with Gasteiger partial charge in [0.2, 0.25) is 0 Å². The second-order valence-corrected chi connectivity index (χ2v) is 5.86. The number of anilines is 1. The zero-order valence-corrected chi connectivity index (χ0v) is 11.5. The number of thiazole rings is 1. The van der Waals surface area contributed by atoms with Crippen molar-refractivity contribution < 1.29 is 14.7 Å². The Kier molecular flexibility index (Phi) is 3.38. The van der Waals surface area contributed by atoms with E-state index in [0.29, 0.717) is 17.1 Å². The number of hydrogen-bond donors (Lipinski definition) is 1. The molecule has 0 bridgehead atoms. The van der Waals surface area contributed by atoms with Crippen LogP contribution in [0.5, 0.6) is 0 Å². The number of carbonyl (C=O) groups is 2. The van der Waals surface area contributed by atoms with Crippen LogP contribution >= 0.6 is 11.3 Å². The summed E-state index contributed by atoms with van der Waals surface area (Å²) in [5.74, 6) is -0.809. The molecule has 5 nitrogen and oxygen atoms in total. The molecule has 1 aromatic heterocycles. The Morgan fingerprint density at radius 2 is 2.11 bits per heavy atom. The number of carboxylic acids is 1. The lowest BCUT2D eigenvalue weighted by molar-refractivity contribution is 0.0687. The van der Waals surface area contributed by atoms with Crippen molar-refractivity contribution in [3.63, 3.8) is 0 Å². The monoisotopic (exact) mass is 268 g/mol. The molecule has 0 amide bonds. The molecule has 1 N–H and O–H groups in total. The number of Topliss-reactive ketones (excluding diaryl/α,β-unsaturated/α-hetero) is 1. The number of ketones is 1. The second kappa shape index (κ2) is 4.68. The molecule has 0 saturated carbocycles. The smallest absolute Gasteiger partial charge is 0.356 e. The molecule has 1 fully saturated rings. The first-order chi connectivity index (χ1) is 8.40.